The molecule has 84 valence electrons. The second-order valence-corrected chi connectivity index (χ2v) is 4.37. The van der Waals surface area contributed by atoms with Crippen LogP contribution in [-0.2, 0) is 0 Å². The van der Waals surface area contributed by atoms with Crippen molar-refractivity contribution < 1.29 is 4.79 Å². The molecule has 0 aliphatic rings. The average molecular weight is 283 g/mol. The SMILES string of the molecule is CC(NC(=O)c1cc(Br)c[nH]1)c1cn[nH]c1. The molecule has 0 saturated carbocycles. The van der Waals surface area contributed by atoms with Gasteiger partial charge in [-0.25, -0.2) is 0 Å². The largest absolute Gasteiger partial charge is 0.356 e. The molecule has 1 amide bonds. The molecule has 1 unspecified atom stereocenters. The molecule has 16 heavy (non-hydrogen) atoms. The maximum Gasteiger partial charge on any atom is 0.268 e. The molecule has 2 aromatic rings. The number of H-pyrrole nitrogens is 2. The first kappa shape index (κ1) is 10.9. The Kier molecular flexibility index (Phi) is 3.09. The fraction of sp³-hybridized carbons (Fsp3) is 0.200. The fourth-order valence-electron chi connectivity index (χ4n) is 1.35. The van der Waals surface area contributed by atoms with Crippen LogP contribution in [0.15, 0.2) is 29.1 Å². The number of hydrogen-bond acceptors (Lipinski definition) is 2. The molecule has 5 nitrogen and oxygen atoms in total. The van der Waals surface area contributed by atoms with Gasteiger partial charge in [0.05, 0.1) is 12.2 Å². The van der Waals surface area contributed by atoms with Crippen molar-refractivity contribution in [2.24, 2.45) is 0 Å². The number of nitrogens with zero attached hydrogens (tertiary/aromatic N) is 1. The van der Waals surface area contributed by atoms with E-state index in [1.807, 2.05) is 6.92 Å². The van der Waals surface area contributed by atoms with E-state index in [2.05, 4.69) is 36.4 Å². The van der Waals surface area contributed by atoms with Crippen molar-refractivity contribution in [3.05, 3.63) is 40.4 Å². The Balaban J connectivity index is 2.03. The van der Waals surface area contributed by atoms with Crippen LogP contribution in [-0.4, -0.2) is 21.1 Å². The highest BCUT2D eigenvalue weighted by atomic mass is 79.9. The summed E-state index contributed by atoms with van der Waals surface area (Å²) in [5.74, 6) is -0.139. The summed E-state index contributed by atoms with van der Waals surface area (Å²) in [4.78, 5) is 14.6. The van der Waals surface area contributed by atoms with Gasteiger partial charge in [-0.3, -0.25) is 9.89 Å². The smallest absolute Gasteiger partial charge is 0.268 e. The number of carbonyl (C=O) groups is 1. The number of aromatic amines is 2. The number of nitrogens with one attached hydrogen (secondary N) is 3. The summed E-state index contributed by atoms with van der Waals surface area (Å²) in [6, 6.07) is 1.66. The number of halogens is 1. The highest BCUT2D eigenvalue weighted by Gasteiger charge is 2.13. The minimum absolute atomic E-state index is 0.0756. The fourth-order valence-corrected chi connectivity index (χ4v) is 1.70. The van der Waals surface area contributed by atoms with Crippen molar-refractivity contribution in [1.29, 1.82) is 0 Å². The minimum Gasteiger partial charge on any atom is -0.356 e. The Morgan fingerprint density at radius 3 is 2.94 bits per heavy atom. The van der Waals surface area contributed by atoms with Crippen molar-refractivity contribution >= 4 is 21.8 Å². The maximum atomic E-state index is 11.8. The van der Waals surface area contributed by atoms with E-state index >= 15 is 0 Å². The van der Waals surface area contributed by atoms with Gasteiger partial charge in [-0.2, -0.15) is 5.10 Å². The zero-order valence-electron chi connectivity index (χ0n) is 8.62. The third kappa shape index (κ3) is 2.33. The molecule has 2 rings (SSSR count). The molecular formula is C10H11BrN4O. The van der Waals surface area contributed by atoms with Crippen molar-refractivity contribution in [3.8, 4) is 0 Å². The standard InChI is InChI=1S/C10H11BrN4O/c1-6(7-3-13-14-4-7)15-10(16)9-2-8(11)5-12-9/h2-6,12H,1H3,(H,13,14)(H,15,16). The molecule has 0 aromatic carbocycles. The van der Waals surface area contributed by atoms with Gasteiger partial charge in [0.2, 0.25) is 0 Å². The average Bonchev–Trinajstić information content (AvgIpc) is 2.87. The number of rotatable bonds is 3. The molecule has 1 atom stereocenters. The van der Waals surface area contributed by atoms with Crippen LogP contribution in [0.5, 0.6) is 0 Å². The van der Waals surface area contributed by atoms with Crippen molar-refractivity contribution in [2.75, 3.05) is 0 Å². The lowest BCUT2D eigenvalue weighted by Gasteiger charge is -2.10. The van der Waals surface area contributed by atoms with Crippen LogP contribution in [0.2, 0.25) is 0 Å². The molecule has 6 heteroatoms. The van der Waals surface area contributed by atoms with Gasteiger partial charge in [0.15, 0.2) is 0 Å². The van der Waals surface area contributed by atoms with E-state index in [1.165, 1.54) is 0 Å². The molecule has 0 saturated heterocycles. The Bertz CT molecular complexity index is 477. The number of hydrogen-bond donors (Lipinski definition) is 3. The Labute approximate surface area is 101 Å². The molecule has 0 aliphatic heterocycles. The second kappa shape index (κ2) is 4.52. The molecule has 0 spiro atoms. The lowest BCUT2D eigenvalue weighted by Crippen LogP contribution is -2.26. The maximum absolute atomic E-state index is 11.8. The predicted octanol–water partition coefficient (Wildman–Crippen LogP) is 1.99. The molecule has 0 aliphatic carbocycles. The Hall–Kier alpha value is -1.56. The van der Waals surface area contributed by atoms with Crippen molar-refractivity contribution in [3.63, 3.8) is 0 Å². The Morgan fingerprint density at radius 2 is 2.38 bits per heavy atom. The molecule has 0 fully saturated rings. The van der Waals surface area contributed by atoms with E-state index in [0.29, 0.717) is 5.69 Å². The van der Waals surface area contributed by atoms with E-state index < -0.39 is 0 Å². The summed E-state index contributed by atoms with van der Waals surface area (Å²) in [7, 11) is 0. The van der Waals surface area contributed by atoms with Gasteiger partial charge in [0.1, 0.15) is 5.69 Å². The number of amides is 1. The quantitative estimate of drug-likeness (QED) is 0.806. The molecule has 0 bridgehead atoms. The summed E-state index contributed by atoms with van der Waals surface area (Å²) in [5.41, 5.74) is 1.47. The van der Waals surface area contributed by atoms with Crippen LogP contribution in [0.1, 0.15) is 29.0 Å². The van der Waals surface area contributed by atoms with Crippen LogP contribution in [0, 0.1) is 0 Å². The van der Waals surface area contributed by atoms with Gasteiger partial charge in [0.25, 0.3) is 5.91 Å². The van der Waals surface area contributed by atoms with E-state index in [-0.39, 0.29) is 11.9 Å². The monoisotopic (exact) mass is 282 g/mol. The summed E-state index contributed by atoms with van der Waals surface area (Å²) >= 11 is 3.28. The van der Waals surface area contributed by atoms with E-state index in [9.17, 15) is 4.79 Å². The molecule has 3 N–H and O–H groups in total. The molecule has 2 heterocycles. The lowest BCUT2D eigenvalue weighted by molar-refractivity contribution is 0.0935. The van der Waals surface area contributed by atoms with E-state index in [1.54, 1.807) is 24.7 Å². The first-order valence-electron chi connectivity index (χ1n) is 4.80. The number of aromatic nitrogens is 3. The van der Waals surface area contributed by atoms with Crippen LogP contribution >= 0.6 is 15.9 Å². The summed E-state index contributed by atoms with van der Waals surface area (Å²) in [6.07, 6.45) is 5.17. The number of carbonyl (C=O) groups excluding carboxylic acids is 1. The zero-order valence-corrected chi connectivity index (χ0v) is 10.2. The highest BCUT2D eigenvalue weighted by Crippen LogP contribution is 2.13. The van der Waals surface area contributed by atoms with Gasteiger partial charge in [-0.05, 0) is 28.9 Å². The van der Waals surface area contributed by atoms with Crippen molar-refractivity contribution in [2.45, 2.75) is 13.0 Å². The van der Waals surface area contributed by atoms with E-state index in [4.69, 9.17) is 0 Å². The zero-order chi connectivity index (χ0) is 11.5. The lowest BCUT2D eigenvalue weighted by atomic mass is 10.2. The Morgan fingerprint density at radius 1 is 1.56 bits per heavy atom. The summed E-state index contributed by atoms with van der Waals surface area (Å²) in [5, 5.41) is 9.41. The third-order valence-electron chi connectivity index (χ3n) is 2.26. The normalized spacial score (nSPS) is 12.4. The van der Waals surface area contributed by atoms with Gasteiger partial charge >= 0.3 is 0 Å². The van der Waals surface area contributed by atoms with Gasteiger partial charge < -0.3 is 10.3 Å². The first-order chi connectivity index (χ1) is 7.66. The summed E-state index contributed by atoms with van der Waals surface area (Å²) < 4.78 is 0.855. The van der Waals surface area contributed by atoms with Crippen LogP contribution in [0.4, 0.5) is 0 Å². The second-order valence-electron chi connectivity index (χ2n) is 3.46. The highest BCUT2D eigenvalue weighted by molar-refractivity contribution is 9.10. The predicted molar refractivity (Wildman–Crippen MR) is 63.0 cm³/mol. The van der Waals surface area contributed by atoms with Crippen molar-refractivity contribution in [1.82, 2.24) is 20.5 Å². The molecular weight excluding hydrogens is 272 g/mol. The van der Waals surface area contributed by atoms with Gasteiger partial charge in [-0.1, -0.05) is 0 Å². The third-order valence-corrected chi connectivity index (χ3v) is 2.72. The molecule has 0 radical (unpaired) electrons. The topological polar surface area (TPSA) is 73.6 Å². The van der Waals surface area contributed by atoms with Crippen LogP contribution in [0.25, 0.3) is 0 Å². The summed E-state index contributed by atoms with van der Waals surface area (Å²) in [6.45, 7) is 1.90. The van der Waals surface area contributed by atoms with Crippen LogP contribution in [0.3, 0.4) is 0 Å². The molecule has 2 aromatic heterocycles. The van der Waals surface area contributed by atoms with E-state index in [0.717, 1.165) is 10.0 Å². The van der Waals surface area contributed by atoms with Gasteiger partial charge in [-0.15, -0.1) is 0 Å². The van der Waals surface area contributed by atoms with Crippen LogP contribution < -0.4 is 5.32 Å². The first-order valence-corrected chi connectivity index (χ1v) is 5.59. The minimum atomic E-state index is -0.139. The van der Waals surface area contributed by atoms with Gasteiger partial charge in [0, 0.05) is 22.4 Å².